The molecule has 0 unspecified atom stereocenters. The molecule has 38 heavy (non-hydrogen) atoms. The topological polar surface area (TPSA) is 74.8 Å². The first kappa shape index (κ1) is 29.3. The summed E-state index contributed by atoms with van der Waals surface area (Å²) in [6.07, 6.45) is 0. The highest BCUT2D eigenvalue weighted by atomic mass is 16.2. The molecule has 2 aromatic rings. The first-order valence-corrected chi connectivity index (χ1v) is 13.4. The van der Waals surface area contributed by atoms with E-state index in [-0.39, 0.29) is 46.3 Å². The van der Waals surface area contributed by atoms with E-state index in [4.69, 9.17) is 0 Å². The summed E-state index contributed by atoms with van der Waals surface area (Å²) >= 11 is 0. The summed E-state index contributed by atoms with van der Waals surface area (Å²) in [6.45, 7) is 21.6. The number of carbonyl (C=O) groups excluding carboxylic acids is 4. The van der Waals surface area contributed by atoms with Crippen LogP contribution in [0.4, 0.5) is 0 Å². The Balaban J connectivity index is 0.000000211. The minimum absolute atomic E-state index is 0.0240. The number of imide groups is 2. The van der Waals surface area contributed by atoms with E-state index in [1.165, 1.54) is 9.80 Å². The van der Waals surface area contributed by atoms with Crippen LogP contribution in [0.1, 0.15) is 122 Å². The SMILES string of the molecule is CC(C)CN1C(=O)c2ccc(C(C)(C)C)cc2C1=O.CC(C)CN1C(=O)c2ccc(C(C)(C)C)cc2C1=O. The summed E-state index contributed by atoms with van der Waals surface area (Å²) in [5, 5.41) is 0. The van der Waals surface area contributed by atoms with Gasteiger partial charge in [0.15, 0.2) is 0 Å². The van der Waals surface area contributed by atoms with Gasteiger partial charge in [0.2, 0.25) is 0 Å². The molecule has 0 spiro atoms. The first-order chi connectivity index (χ1) is 17.4. The third kappa shape index (κ3) is 5.90. The van der Waals surface area contributed by atoms with Crippen LogP contribution < -0.4 is 0 Å². The molecule has 2 aliphatic heterocycles. The van der Waals surface area contributed by atoms with Gasteiger partial charge < -0.3 is 0 Å². The van der Waals surface area contributed by atoms with Gasteiger partial charge in [0.25, 0.3) is 23.6 Å². The molecular formula is C32H42N2O4. The molecule has 2 heterocycles. The highest BCUT2D eigenvalue weighted by molar-refractivity contribution is 6.22. The van der Waals surface area contributed by atoms with Gasteiger partial charge in [-0.05, 0) is 58.1 Å². The fourth-order valence-electron chi connectivity index (χ4n) is 4.58. The Morgan fingerprint density at radius 2 is 0.816 bits per heavy atom. The van der Waals surface area contributed by atoms with Gasteiger partial charge in [-0.25, -0.2) is 0 Å². The molecule has 6 heteroatoms. The van der Waals surface area contributed by atoms with Crippen molar-refractivity contribution in [1.29, 1.82) is 0 Å². The number of hydrogen-bond donors (Lipinski definition) is 0. The molecular weight excluding hydrogens is 476 g/mol. The lowest BCUT2D eigenvalue weighted by Gasteiger charge is -2.19. The molecule has 2 aliphatic rings. The van der Waals surface area contributed by atoms with Gasteiger partial charge in [-0.1, -0.05) is 81.4 Å². The predicted molar refractivity (Wildman–Crippen MR) is 151 cm³/mol. The van der Waals surface area contributed by atoms with Gasteiger partial charge in [0.05, 0.1) is 22.3 Å². The Morgan fingerprint density at radius 3 is 1.08 bits per heavy atom. The van der Waals surface area contributed by atoms with Crippen LogP contribution in [0, 0.1) is 11.8 Å². The Bertz CT molecular complexity index is 1180. The van der Waals surface area contributed by atoms with Crippen LogP contribution in [-0.4, -0.2) is 46.5 Å². The molecule has 4 amide bonds. The van der Waals surface area contributed by atoms with Crippen molar-refractivity contribution in [1.82, 2.24) is 9.80 Å². The summed E-state index contributed by atoms with van der Waals surface area (Å²) in [5.41, 5.74) is 4.30. The van der Waals surface area contributed by atoms with Crippen LogP contribution >= 0.6 is 0 Å². The molecule has 0 atom stereocenters. The number of fused-ring (bicyclic) bond motifs is 2. The smallest absolute Gasteiger partial charge is 0.261 e. The molecule has 6 nitrogen and oxygen atoms in total. The molecule has 0 N–H and O–H groups in total. The van der Waals surface area contributed by atoms with E-state index < -0.39 is 0 Å². The predicted octanol–water partition coefficient (Wildman–Crippen LogP) is 6.47. The lowest BCUT2D eigenvalue weighted by Crippen LogP contribution is -2.33. The number of hydrogen-bond acceptors (Lipinski definition) is 4. The summed E-state index contributed by atoms with van der Waals surface area (Å²) < 4.78 is 0. The second-order valence-corrected chi connectivity index (χ2v) is 13.3. The molecule has 204 valence electrons. The van der Waals surface area contributed by atoms with Crippen LogP contribution in [-0.2, 0) is 10.8 Å². The molecule has 0 bridgehead atoms. The van der Waals surface area contributed by atoms with Crippen molar-refractivity contribution in [3.05, 3.63) is 69.8 Å². The maximum Gasteiger partial charge on any atom is 0.261 e. The average molecular weight is 519 g/mol. The van der Waals surface area contributed by atoms with E-state index in [2.05, 4.69) is 41.5 Å². The van der Waals surface area contributed by atoms with E-state index in [1.807, 2.05) is 52.0 Å². The van der Waals surface area contributed by atoms with Crippen molar-refractivity contribution in [3.63, 3.8) is 0 Å². The lowest BCUT2D eigenvalue weighted by atomic mass is 9.85. The fraction of sp³-hybridized carbons (Fsp3) is 0.500. The van der Waals surface area contributed by atoms with E-state index in [1.54, 1.807) is 12.1 Å². The molecule has 4 rings (SSSR count). The normalized spacial score (nSPS) is 15.4. The Hall–Kier alpha value is -3.28. The second-order valence-electron chi connectivity index (χ2n) is 13.3. The van der Waals surface area contributed by atoms with Crippen LogP contribution in [0.3, 0.4) is 0 Å². The van der Waals surface area contributed by atoms with Crippen LogP contribution in [0.15, 0.2) is 36.4 Å². The Labute approximate surface area is 227 Å². The summed E-state index contributed by atoms with van der Waals surface area (Å²) in [4.78, 5) is 51.8. The van der Waals surface area contributed by atoms with Crippen molar-refractivity contribution >= 4 is 23.6 Å². The lowest BCUT2D eigenvalue weighted by molar-refractivity contribution is 0.0621. The summed E-state index contributed by atoms with van der Waals surface area (Å²) in [5.74, 6) is -0.0588. The Morgan fingerprint density at radius 1 is 0.526 bits per heavy atom. The molecule has 0 fully saturated rings. The van der Waals surface area contributed by atoms with Gasteiger partial charge in [-0.15, -0.1) is 0 Å². The van der Waals surface area contributed by atoms with Gasteiger partial charge in [0.1, 0.15) is 0 Å². The summed E-state index contributed by atoms with van der Waals surface area (Å²) in [7, 11) is 0. The molecule has 0 saturated carbocycles. The van der Waals surface area contributed by atoms with Crippen molar-refractivity contribution in [2.24, 2.45) is 11.8 Å². The largest absolute Gasteiger partial charge is 0.274 e. The zero-order valence-electron chi connectivity index (χ0n) is 24.6. The van der Waals surface area contributed by atoms with Crippen LogP contribution in [0.25, 0.3) is 0 Å². The Kier molecular flexibility index (Phi) is 8.07. The second kappa shape index (κ2) is 10.5. The highest BCUT2D eigenvalue weighted by Crippen LogP contribution is 2.31. The number of rotatable bonds is 4. The molecule has 0 aliphatic carbocycles. The van der Waals surface area contributed by atoms with Gasteiger partial charge >= 0.3 is 0 Å². The maximum absolute atomic E-state index is 12.3. The maximum atomic E-state index is 12.3. The van der Waals surface area contributed by atoms with E-state index in [9.17, 15) is 19.2 Å². The van der Waals surface area contributed by atoms with E-state index >= 15 is 0 Å². The number of carbonyl (C=O) groups is 4. The minimum Gasteiger partial charge on any atom is -0.274 e. The first-order valence-electron chi connectivity index (χ1n) is 13.4. The third-order valence-electron chi connectivity index (χ3n) is 6.77. The van der Waals surface area contributed by atoms with Gasteiger partial charge in [-0.3, -0.25) is 29.0 Å². The van der Waals surface area contributed by atoms with Crippen molar-refractivity contribution < 1.29 is 19.2 Å². The molecule has 0 saturated heterocycles. The quantitative estimate of drug-likeness (QED) is 0.435. The van der Waals surface area contributed by atoms with Crippen molar-refractivity contribution in [3.8, 4) is 0 Å². The third-order valence-corrected chi connectivity index (χ3v) is 6.77. The number of nitrogens with zero attached hydrogens (tertiary/aromatic N) is 2. The molecule has 0 aromatic heterocycles. The van der Waals surface area contributed by atoms with Crippen molar-refractivity contribution in [2.75, 3.05) is 13.1 Å². The monoisotopic (exact) mass is 518 g/mol. The van der Waals surface area contributed by atoms with Crippen LogP contribution in [0.5, 0.6) is 0 Å². The fourth-order valence-corrected chi connectivity index (χ4v) is 4.58. The van der Waals surface area contributed by atoms with Gasteiger partial charge in [0, 0.05) is 13.1 Å². The molecule has 2 aromatic carbocycles. The average Bonchev–Trinajstić information content (AvgIpc) is 3.18. The van der Waals surface area contributed by atoms with Crippen molar-refractivity contribution in [2.45, 2.75) is 80.1 Å². The van der Waals surface area contributed by atoms with E-state index in [0.29, 0.717) is 35.3 Å². The highest BCUT2D eigenvalue weighted by Gasteiger charge is 2.37. The number of amides is 4. The number of benzene rings is 2. The zero-order valence-corrected chi connectivity index (χ0v) is 24.6. The van der Waals surface area contributed by atoms with Crippen LogP contribution in [0.2, 0.25) is 0 Å². The standard InChI is InChI=1S/2C16H21NO2/c2*1-10(2)9-17-14(18)12-7-6-11(16(3,4)5)8-13(12)15(17)19/h2*6-8,10H,9H2,1-5H3. The van der Waals surface area contributed by atoms with E-state index in [0.717, 1.165) is 11.1 Å². The minimum atomic E-state index is -0.158. The summed E-state index contributed by atoms with van der Waals surface area (Å²) in [6, 6.07) is 11.2. The zero-order chi connectivity index (χ0) is 28.7. The molecule has 0 radical (unpaired) electrons. The van der Waals surface area contributed by atoms with Gasteiger partial charge in [-0.2, -0.15) is 0 Å².